The maximum atomic E-state index is 11.1. The highest BCUT2D eigenvalue weighted by Gasteiger charge is 2.19. The quantitative estimate of drug-likeness (QED) is 0.354. The third kappa shape index (κ3) is 4.39. The minimum Gasteiger partial charge on any atom is -0.368 e. The van der Waals surface area contributed by atoms with Gasteiger partial charge in [-0.2, -0.15) is 25.3 Å². The third-order valence-corrected chi connectivity index (χ3v) is 2.13. The Morgan fingerprint density at radius 3 is 2.15 bits per heavy atom. The van der Waals surface area contributed by atoms with E-state index in [1.807, 2.05) is 0 Å². The number of rotatable bonds is 5. The molecule has 13 heavy (non-hydrogen) atoms. The first kappa shape index (κ1) is 12.6. The van der Waals surface area contributed by atoms with Crippen LogP contribution in [0.5, 0.6) is 0 Å². The lowest BCUT2D eigenvalue weighted by Crippen LogP contribution is -2.51. The second-order valence-electron chi connectivity index (χ2n) is 2.44. The number of hydrogen-bond donors (Lipinski definition) is 5. The predicted octanol–water partition coefficient (Wildman–Crippen LogP) is -1.86. The number of nitrogens with two attached hydrogens (primary N) is 2. The Morgan fingerprint density at radius 2 is 1.85 bits per heavy atom. The van der Waals surface area contributed by atoms with Gasteiger partial charge in [-0.3, -0.25) is 9.59 Å². The van der Waals surface area contributed by atoms with E-state index in [9.17, 15) is 9.59 Å². The zero-order chi connectivity index (χ0) is 10.4. The van der Waals surface area contributed by atoms with Gasteiger partial charge in [-0.05, 0) is 0 Å². The van der Waals surface area contributed by atoms with E-state index in [2.05, 4.69) is 30.6 Å². The van der Waals surface area contributed by atoms with Crippen molar-refractivity contribution in [3.63, 3.8) is 0 Å². The van der Waals surface area contributed by atoms with E-state index < -0.39 is 23.9 Å². The fourth-order valence-electron chi connectivity index (χ4n) is 0.568. The van der Waals surface area contributed by atoms with Crippen molar-refractivity contribution in [2.75, 3.05) is 11.5 Å². The summed E-state index contributed by atoms with van der Waals surface area (Å²) >= 11 is 7.69. The molecule has 0 aliphatic heterocycles. The number of nitrogens with one attached hydrogen (secondary N) is 1. The molecule has 7 heteroatoms. The Bertz CT molecular complexity index is 200. The molecule has 0 aromatic rings. The molecule has 0 aliphatic carbocycles. The third-order valence-electron chi connectivity index (χ3n) is 1.38. The first-order valence-corrected chi connectivity index (χ1v) is 4.86. The minimum atomic E-state index is -0.776. The van der Waals surface area contributed by atoms with Crippen molar-refractivity contribution in [2.45, 2.75) is 12.1 Å². The molecule has 2 atom stereocenters. The zero-order valence-corrected chi connectivity index (χ0v) is 8.72. The average molecular weight is 223 g/mol. The van der Waals surface area contributed by atoms with E-state index >= 15 is 0 Å². The SMILES string of the molecule is NC(=O)[C@@H](CS)NC(=O)[C@@H](N)CS. The molecule has 0 rings (SSSR count). The van der Waals surface area contributed by atoms with Gasteiger partial charge < -0.3 is 16.8 Å². The highest BCUT2D eigenvalue weighted by Crippen LogP contribution is 1.90. The summed E-state index contributed by atoms with van der Waals surface area (Å²) < 4.78 is 0. The predicted molar refractivity (Wildman–Crippen MR) is 56.8 cm³/mol. The second kappa shape index (κ2) is 6.11. The molecule has 0 fully saturated rings. The van der Waals surface area contributed by atoms with Gasteiger partial charge in [0.2, 0.25) is 11.8 Å². The van der Waals surface area contributed by atoms with Crippen LogP contribution < -0.4 is 16.8 Å². The number of carbonyl (C=O) groups is 2. The van der Waals surface area contributed by atoms with Gasteiger partial charge in [0, 0.05) is 11.5 Å². The fraction of sp³-hybridized carbons (Fsp3) is 0.667. The van der Waals surface area contributed by atoms with Gasteiger partial charge in [-0.15, -0.1) is 0 Å². The molecular formula is C6H13N3O2S2. The highest BCUT2D eigenvalue weighted by atomic mass is 32.1. The molecule has 0 unspecified atom stereocenters. The molecule has 0 saturated heterocycles. The monoisotopic (exact) mass is 223 g/mol. The molecular weight excluding hydrogens is 210 g/mol. The van der Waals surface area contributed by atoms with Gasteiger partial charge in [0.25, 0.3) is 0 Å². The molecule has 0 spiro atoms. The summed E-state index contributed by atoms with van der Waals surface area (Å²) in [6, 6.07) is -1.51. The van der Waals surface area contributed by atoms with E-state index in [0.717, 1.165) is 0 Å². The molecule has 5 N–H and O–H groups in total. The number of hydrogen-bond acceptors (Lipinski definition) is 5. The molecule has 0 aromatic heterocycles. The van der Waals surface area contributed by atoms with Crippen LogP contribution in [0.3, 0.4) is 0 Å². The summed E-state index contributed by atoms with van der Waals surface area (Å²) in [6.07, 6.45) is 0. The van der Waals surface area contributed by atoms with Gasteiger partial charge in [0.05, 0.1) is 6.04 Å². The highest BCUT2D eigenvalue weighted by molar-refractivity contribution is 7.80. The van der Waals surface area contributed by atoms with Crippen molar-refractivity contribution in [1.82, 2.24) is 5.32 Å². The molecule has 0 aromatic carbocycles. The van der Waals surface area contributed by atoms with E-state index in [4.69, 9.17) is 11.5 Å². The van der Waals surface area contributed by atoms with Crippen molar-refractivity contribution >= 4 is 37.1 Å². The lowest BCUT2D eigenvalue weighted by atomic mass is 10.2. The van der Waals surface area contributed by atoms with E-state index in [1.165, 1.54) is 0 Å². The van der Waals surface area contributed by atoms with Crippen LogP contribution >= 0.6 is 25.3 Å². The number of carbonyl (C=O) groups excluding carboxylic acids is 2. The van der Waals surface area contributed by atoms with Crippen LogP contribution in [0.1, 0.15) is 0 Å². The minimum absolute atomic E-state index is 0.153. The van der Waals surface area contributed by atoms with Crippen molar-refractivity contribution in [3.8, 4) is 0 Å². The molecule has 2 amide bonds. The Labute approximate surface area is 87.4 Å². The number of thiol groups is 2. The van der Waals surface area contributed by atoms with Crippen LogP contribution in [0, 0.1) is 0 Å². The van der Waals surface area contributed by atoms with Gasteiger partial charge in [-0.1, -0.05) is 0 Å². The van der Waals surface area contributed by atoms with Gasteiger partial charge in [0.15, 0.2) is 0 Å². The van der Waals surface area contributed by atoms with Crippen molar-refractivity contribution < 1.29 is 9.59 Å². The second-order valence-corrected chi connectivity index (χ2v) is 3.17. The smallest absolute Gasteiger partial charge is 0.240 e. The molecule has 0 heterocycles. The Hall–Kier alpha value is -0.400. The molecule has 0 bridgehead atoms. The van der Waals surface area contributed by atoms with Crippen molar-refractivity contribution in [1.29, 1.82) is 0 Å². The van der Waals surface area contributed by atoms with Gasteiger partial charge in [0.1, 0.15) is 6.04 Å². The average Bonchev–Trinajstić information content (AvgIpc) is 2.11. The summed E-state index contributed by atoms with van der Waals surface area (Å²) in [4.78, 5) is 21.8. The fourth-order valence-corrected chi connectivity index (χ4v) is 1.01. The molecule has 0 radical (unpaired) electrons. The normalized spacial score (nSPS) is 14.7. The van der Waals surface area contributed by atoms with Crippen LogP contribution in [0.25, 0.3) is 0 Å². The summed E-state index contributed by atoms with van der Waals surface area (Å²) in [7, 11) is 0. The summed E-state index contributed by atoms with van der Waals surface area (Å²) in [6.45, 7) is 0. The van der Waals surface area contributed by atoms with E-state index in [0.29, 0.717) is 0 Å². The van der Waals surface area contributed by atoms with Crippen molar-refractivity contribution in [3.05, 3.63) is 0 Å². The summed E-state index contributed by atoms with van der Waals surface area (Å²) in [5, 5.41) is 2.35. The Balaban J connectivity index is 4.09. The van der Waals surface area contributed by atoms with Gasteiger partial charge >= 0.3 is 0 Å². The van der Waals surface area contributed by atoms with Crippen molar-refractivity contribution in [2.24, 2.45) is 11.5 Å². The molecule has 5 nitrogen and oxygen atoms in total. The van der Waals surface area contributed by atoms with Crippen LogP contribution in [0.15, 0.2) is 0 Å². The van der Waals surface area contributed by atoms with Crippen LogP contribution in [0.2, 0.25) is 0 Å². The lowest BCUT2D eigenvalue weighted by Gasteiger charge is -2.15. The summed E-state index contributed by atoms with van der Waals surface area (Å²) in [5.74, 6) is -0.716. The van der Waals surface area contributed by atoms with Crippen LogP contribution in [0.4, 0.5) is 0 Å². The topological polar surface area (TPSA) is 98.2 Å². The van der Waals surface area contributed by atoms with Crippen LogP contribution in [-0.2, 0) is 9.59 Å². The largest absolute Gasteiger partial charge is 0.368 e. The summed E-state index contributed by atoms with van der Waals surface area (Å²) in [5.41, 5.74) is 10.3. The first-order valence-electron chi connectivity index (χ1n) is 3.60. The first-order chi connectivity index (χ1) is 6.02. The van der Waals surface area contributed by atoms with E-state index in [1.54, 1.807) is 0 Å². The van der Waals surface area contributed by atoms with E-state index in [-0.39, 0.29) is 11.5 Å². The van der Waals surface area contributed by atoms with Gasteiger partial charge in [-0.25, -0.2) is 0 Å². The maximum absolute atomic E-state index is 11.1. The maximum Gasteiger partial charge on any atom is 0.240 e. The standard InChI is InChI=1S/C6H13N3O2S2/c7-3(1-12)6(11)9-4(2-13)5(8)10/h3-4,12-13H,1-2,7H2,(H2,8,10)(H,9,11)/t3-,4+/m0/s1. The Morgan fingerprint density at radius 1 is 1.31 bits per heavy atom. The number of amides is 2. The molecule has 0 saturated carbocycles. The van der Waals surface area contributed by atoms with Crippen LogP contribution in [-0.4, -0.2) is 35.4 Å². The molecule has 0 aliphatic rings. The molecule has 76 valence electrons. The Kier molecular flexibility index (Phi) is 5.93. The number of primary amides is 1. The lowest BCUT2D eigenvalue weighted by molar-refractivity contribution is -0.127. The zero-order valence-electron chi connectivity index (χ0n) is 6.93.